The summed E-state index contributed by atoms with van der Waals surface area (Å²) in [6, 6.07) is 13.9. The zero-order valence-electron chi connectivity index (χ0n) is 19.6. The number of sulfonamides is 1. The number of carbonyl (C=O) groups excluding carboxylic acids is 1. The van der Waals surface area contributed by atoms with E-state index in [1.807, 2.05) is 6.92 Å². The summed E-state index contributed by atoms with van der Waals surface area (Å²) in [5, 5.41) is 2.21. The summed E-state index contributed by atoms with van der Waals surface area (Å²) in [4.78, 5) is 12.7. The summed E-state index contributed by atoms with van der Waals surface area (Å²) < 4.78 is 73.7. The molecule has 0 bridgehead atoms. The topological polar surface area (TPSA) is 75.7 Å². The van der Waals surface area contributed by atoms with Gasteiger partial charge in [0.05, 0.1) is 24.0 Å². The lowest BCUT2D eigenvalue weighted by atomic mass is 10.1. The molecule has 0 aromatic heterocycles. The Kier molecular flexibility index (Phi) is 7.44. The normalized spacial score (nSPS) is 11.7. The molecule has 1 N–H and O–H groups in total. The summed E-state index contributed by atoms with van der Waals surface area (Å²) in [5.41, 5.74) is 1.03. The molecule has 0 atom stereocenters. The number of hydrogen-bond acceptors (Lipinski definition) is 4. The Bertz CT molecular complexity index is 1360. The van der Waals surface area contributed by atoms with Gasteiger partial charge in [0.25, 0.3) is 10.0 Å². The van der Waals surface area contributed by atoms with Crippen molar-refractivity contribution in [1.82, 2.24) is 0 Å². The largest absolute Gasteiger partial charge is 0.495 e. The molecule has 6 nitrogen and oxygen atoms in total. The van der Waals surface area contributed by atoms with E-state index in [0.717, 1.165) is 27.6 Å². The molecular weight excluding hydrogens is 481 g/mol. The first-order valence-electron chi connectivity index (χ1n) is 10.6. The van der Waals surface area contributed by atoms with Crippen molar-refractivity contribution in [3.8, 4) is 5.75 Å². The van der Waals surface area contributed by atoms with Gasteiger partial charge in [0.2, 0.25) is 5.91 Å². The highest BCUT2D eigenvalue weighted by molar-refractivity contribution is 7.93. The summed E-state index contributed by atoms with van der Waals surface area (Å²) in [6.07, 6.45) is -4.70. The van der Waals surface area contributed by atoms with E-state index in [4.69, 9.17) is 4.74 Å². The molecule has 1 amide bonds. The van der Waals surface area contributed by atoms with Gasteiger partial charge >= 0.3 is 6.18 Å². The third-order valence-corrected chi connectivity index (χ3v) is 7.25. The molecule has 186 valence electrons. The number of aryl methyl sites for hydroxylation is 3. The summed E-state index contributed by atoms with van der Waals surface area (Å²) in [5.74, 6) is -0.859. The highest BCUT2D eigenvalue weighted by Crippen LogP contribution is 2.35. The van der Waals surface area contributed by atoms with Crippen molar-refractivity contribution in [1.29, 1.82) is 0 Å². The standard InChI is InChI=1S/C25H25F3N2O4S/c1-16-9-12-22(34-4)23(13-16)35(32,33)30(19-11-10-17(2)18(3)14-19)15-24(31)29-21-8-6-5-7-20(21)25(26,27)28/h5-14H,15H2,1-4H3,(H,29,31). The third kappa shape index (κ3) is 5.76. The van der Waals surface area contributed by atoms with Crippen molar-refractivity contribution in [3.63, 3.8) is 0 Å². The molecule has 3 rings (SSSR count). The van der Waals surface area contributed by atoms with Crippen LogP contribution in [-0.2, 0) is 21.0 Å². The molecule has 0 saturated carbocycles. The molecule has 3 aromatic carbocycles. The predicted molar refractivity (Wildman–Crippen MR) is 128 cm³/mol. The van der Waals surface area contributed by atoms with E-state index in [2.05, 4.69) is 5.32 Å². The molecule has 0 saturated heterocycles. The summed E-state index contributed by atoms with van der Waals surface area (Å²) >= 11 is 0. The summed E-state index contributed by atoms with van der Waals surface area (Å²) in [6.45, 7) is 4.59. The molecule has 0 fully saturated rings. The molecule has 0 aliphatic rings. The molecular formula is C25H25F3N2O4S. The molecule has 3 aromatic rings. The number of nitrogens with one attached hydrogen (secondary N) is 1. The highest BCUT2D eigenvalue weighted by atomic mass is 32.2. The van der Waals surface area contributed by atoms with E-state index >= 15 is 0 Å². The fourth-order valence-electron chi connectivity index (χ4n) is 3.46. The number of hydrogen-bond donors (Lipinski definition) is 1. The van der Waals surface area contributed by atoms with Crippen LogP contribution < -0.4 is 14.4 Å². The maximum absolute atomic E-state index is 13.8. The van der Waals surface area contributed by atoms with Crippen LogP contribution in [0.15, 0.2) is 65.6 Å². The number of ether oxygens (including phenoxy) is 1. The van der Waals surface area contributed by atoms with Gasteiger partial charge in [0, 0.05) is 0 Å². The van der Waals surface area contributed by atoms with Crippen LogP contribution in [0.1, 0.15) is 22.3 Å². The Labute approximate surface area is 202 Å². The maximum Gasteiger partial charge on any atom is 0.418 e. The lowest BCUT2D eigenvalue weighted by Gasteiger charge is -2.26. The van der Waals surface area contributed by atoms with Gasteiger partial charge in [0.15, 0.2) is 0 Å². The quantitative estimate of drug-likeness (QED) is 0.461. The molecule has 0 radical (unpaired) electrons. The summed E-state index contributed by atoms with van der Waals surface area (Å²) in [7, 11) is -3.03. The number of benzene rings is 3. The Balaban J connectivity index is 2.07. The van der Waals surface area contributed by atoms with E-state index < -0.39 is 39.9 Å². The van der Waals surface area contributed by atoms with Gasteiger partial charge in [-0.3, -0.25) is 9.10 Å². The molecule has 0 spiro atoms. The number of para-hydroxylation sites is 1. The van der Waals surface area contributed by atoms with E-state index in [1.165, 1.54) is 31.4 Å². The van der Waals surface area contributed by atoms with Crippen molar-refractivity contribution in [2.45, 2.75) is 31.8 Å². The van der Waals surface area contributed by atoms with Crippen LogP contribution in [-0.4, -0.2) is 28.0 Å². The van der Waals surface area contributed by atoms with Crippen LogP contribution in [0.25, 0.3) is 0 Å². The van der Waals surface area contributed by atoms with Gasteiger partial charge in [0.1, 0.15) is 17.2 Å². The van der Waals surface area contributed by atoms with Gasteiger partial charge in [-0.1, -0.05) is 24.3 Å². The Morgan fingerprint density at radius 2 is 1.66 bits per heavy atom. The number of rotatable bonds is 7. The van der Waals surface area contributed by atoms with Crippen molar-refractivity contribution in [2.24, 2.45) is 0 Å². The fraction of sp³-hybridized carbons (Fsp3) is 0.240. The number of amides is 1. The lowest BCUT2D eigenvalue weighted by molar-refractivity contribution is -0.137. The number of halogens is 3. The van der Waals surface area contributed by atoms with Crippen LogP contribution >= 0.6 is 0 Å². The minimum Gasteiger partial charge on any atom is -0.495 e. The Morgan fingerprint density at radius 1 is 0.971 bits per heavy atom. The SMILES string of the molecule is COc1ccc(C)cc1S(=O)(=O)N(CC(=O)Nc1ccccc1C(F)(F)F)c1ccc(C)c(C)c1. The van der Waals surface area contributed by atoms with Crippen LogP contribution in [0, 0.1) is 20.8 Å². The minimum absolute atomic E-state index is 0.0762. The first-order chi connectivity index (χ1) is 16.3. The molecule has 35 heavy (non-hydrogen) atoms. The second-order valence-corrected chi connectivity index (χ2v) is 9.86. The molecule has 0 heterocycles. The van der Waals surface area contributed by atoms with E-state index in [1.54, 1.807) is 38.1 Å². The Morgan fingerprint density at radius 3 is 2.29 bits per heavy atom. The zero-order valence-corrected chi connectivity index (χ0v) is 20.4. The number of carbonyl (C=O) groups is 1. The molecule has 0 aliphatic carbocycles. The number of methoxy groups -OCH3 is 1. The Hall–Kier alpha value is -3.53. The number of nitrogens with zero attached hydrogens (tertiary/aromatic N) is 1. The lowest BCUT2D eigenvalue weighted by Crippen LogP contribution is -2.38. The fourth-order valence-corrected chi connectivity index (χ4v) is 5.12. The van der Waals surface area contributed by atoms with Crippen LogP contribution in [0.2, 0.25) is 0 Å². The van der Waals surface area contributed by atoms with E-state index in [-0.39, 0.29) is 16.3 Å². The zero-order chi connectivity index (χ0) is 26.0. The average molecular weight is 507 g/mol. The van der Waals surface area contributed by atoms with E-state index in [9.17, 15) is 26.4 Å². The van der Waals surface area contributed by atoms with Crippen LogP contribution in [0.4, 0.5) is 24.5 Å². The molecule has 10 heteroatoms. The van der Waals surface area contributed by atoms with Crippen molar-refractivity contribution in [2.75, 3.05) is 23.3 Å². The average Bonchev–Trinajstić information content (AvgIpc) is 2.79. The number of alkyl halides is 3. The van der Waals surface area contributed by atoms with Gasteiger partial charge < -0.3 is 10.1 Å². The van der Waals surface area contributed by atoms with E-state index in [0.29, 0.717) is 5.56 Å². The monoisotopic (exact) mass is 506 g/mol. The third-order valence-electron chi connectivity index (χ3n) is 5.46. The van der Waals surface area contributed by atoms with Crippen molar-refractivity contribution in [3.05, 3.63) is 82.9 Å². The van der Waals surface area contributed by atoms with Gasteiger partial charge in [-0.2, -0.15) is 13.2 Å². The maximum atomic E-state index is 13.8. The predicted octanol–water partition coefficient (Wildman–Crippen LogP) is 5.47. The molecule has 0 aliphatic heterocycles. The first-order valence-corrected chi connectivity index (χ1v) is 12.0. The second-order valence-electron chi connectivity index (χ2n) is 8.03. The van der Waals surface area contributed by atoms with Crippen molar-refractivity contribution < 1.29 is 31.1 Å². The van der Waals surface area contributed by atoms with Crippen LogP contribution in [0.5, 0.6) is 5.75 Å². The number of anilines is 2. The smallest absolute Gasteiger partial charge is 0.418 e. The highest BCUT2D eigenvalue weighted by Gasteiger charge is 2.35. The minimum atomic E-state index is -4.70. The van der Waals surface area contributed by atoms with Crippen molar-refractivity contribution >= 4 is 27.3 Å². The first kappa shape index (κ1) is 26.1. The van der Waals surface area contributed by atoms with Crippen LogP contribution in [0.3, 0.4) is 0 Å². The molecule has 0 unspecified atom stereocenters. The second kappa shape index (κ2) is 9.99. The van der Waals surface area contributed by atoms with Gasteiger partial charge in [-0.05, 0) is 73.9 Å². The van der Waals surface area contributed by atoms with Gasteiger partial charge in [-0.15, -0.1) is 0 Å². The van der Waals surface area contributed by atoms with Gasteiger partial charge in [-0.25, -0.2) is 8.42 Å².